The molecule has 1 aromatic rings. The molecule has 0 saturated heterocycles. The second-order valence-electron chi connectivity index (χ2n) is 3.57. The second kappa shape index (κ2) is 5.74. The van der Waals surface area contributed by atoms with Crippen LogP contribution in [-0.2, 0) is 21.2 Å². The van der Waals surface area contributed by atoms with Crippen molar-refractivity contribution in [1.29, 1.82) is 0 Å². The van der Waals surface area contributed by atoms with Gasteiger partial charge >= 0.3 is 5.97 Å². The monoisotopic (exact) mass is 258 g/mol. The predicted molar refractivity (Wildman–Crippen MR) is 62.0 cm³/mol. The van der Waals surface area contributed by atoms with Crippen molar-refractivity contribution in [2.24, 2.45) is 0 Å². The number of pyridine rings is 1. The number of nitrogens with zero attached hydrogens (tertiary/aromatic N) is 1. The molecular formula is C10H14N2O4S. The molecule has 0 bridgehead atoms. The molecule has 1 rings (SSSR count). The van der Waals surface area contributed by atoms with Gasteiger partial charge in [0.2, 0.25) is 10.0 Å². The lowest BCUT2D eigenvalue weighted by Crippen LogP contribution is -2.39. The molecule has 0 aromatic carbocycles. The van der Waals surface area contributed by atoms with E-state index in [1.807, 2.05) is 0 Å². The van der Waals surface area contributed by atoms with Crippen LogP contribution in [0.1, 0.15) is 12.6 Å². The molecule has 7 heteroatoms. The van der Waals surface area contributed by atoms with E-state index in [1.54, 1.807) is 24.4 Å². The number of aryl methyl sites for hydroxylation is 1. The lowest BCUT2D eigenvalue weighted by Gasteiger charge is -2.09. The lowest BCUT2D eigenvalue weighted by atomic mass is 10.3. The molecule has 0 aliphatic rings. The van der Waals surface area contributed by atoms with E-state index in [9.17, 15) is 13.2 Å². The fraction of sp³-hybridized carbons (Fsp3) is 0.400. The minimum Gasteiger partial charge on any atom is -0.480 e. The van der Waals surface area contributed by atoms with Gasteiger partial charge in [-0.1, -0.05) is 6.07 Å². The molecule has 0 radical (unpaired) electrons. The minimum atomic E-state index is -3.59. The molecule has 1 aromatic heterocycles. The molecule has 1 heterocycles. The SMILES string of the molecule is CC(NS(=O)(=O)CCc1ccccn1)C(=O)O. The van der Waals surface area contributed by atoms with Gasteiger partial charge in [0, 0.05) is 18.3 Å². The third-order valence-corrected chi connectivity index (χ3v) is 3.53. The van der Waals surface area contributed by atoms with E-state index in [2.05, 4.69) is 9.71 Å². The first-order valence-electron chi connectivity index (χ1n) is 5.03. The van der Waals surface area contributed by atoms with Crippen LogP contribution in [0.2, 0.25) is 0 Å². The Labute approximate surface area is 99.7 Å². The molecule has 0 saturated carbocycles. The van der Waals surface area contributed by atoms with E-state index >= 15 is 0 Å². The van der Waals surface area contributed by atoms with Crippen LogP contribution >= 0.6 is 0 Å². The van der Waals surface area contributed by atoms with Crippen molar-refractivity contribution in [3.05, 3.63) is 30.1 Å². The van der Waals surface area contributed by atoms with Gasteiger partial charge in [-0.3, -0.25) is 9.78 Å². The number of hydrogen-bond donors (Lipinski definition) is 2. The highest BCUT2D eigenvalue weighted by Crippen LogP contribution is 1.98. The summed E-state index contributed by atoms with van der Waals surface area (Å²) in [6, 6.07) is 4.10. The summed E-state index contributed by atoms with van der Waals surface area (Å²) in [6.07, 6.45) is 1.83. The Balaban J connectivity index is 2.54. The Bertz CT molecular complexity index is 472. The quantitative estimate of drug-likeness (QED) is 0.749. The zero-order valence-corrected chi connectivity index (χ0v) is 10.1. The number of rotatable bonds is 6. The maximum atomic E-state index is 11.5. The Morgan fingerprint density at radius 2 is 2.24 bits per heavy atom. The van der Waals surface area contributed by atoms with Crippen LogP contribution in [0.25, 0.3) is 0 Å². The normalized spacial score (nSPS) is 13.2. The molecule has 6 nitrogen and oxygen atoms in total. The summed E-state index contributed by atoms with van der Waals surface area (Å²) in [5.74, 6) is -1.38. The van der Waals surface area contributed by atoms with E-state index in [0.717, 1.165) is 0 Å². The van der Waals surface area contributed by atoms with Crippen molar-refractivity contribution in [2.45, 2.75) is 19.4 Å². The van der Waals surface area contributed by atoms with Crippen molar-refractivity contribution in [2.75, 3.05) is 5.75 Å². The largest absolute Gasteiger partial charge is 0.480 e. The molecule has 0 spiro atoms. The fourth-order valence-corrected chi connectivity index (χ4v) is 2.40. The number of carbonyl (C=O) groups is 1. The van der Waals surface area contributed by atoms with Gasteiger partial charge in [-0.15, -0.1) is 0 Å². The van der Waals surface area contributed by atoms with Gasteiger partial charge in [0.25, 0.3) is 0 Å². The molecule has 1 unspecified atom stereocenters. The summed E-state index contributed by atoms with van der Waals surface area (Å²) in [7, 11) is -3.59. The Morgan fingerprint density at radius 1 is 1.53 bits per heavy atom. The van der Waals surface area contributed by atoms with Gasteiger partial charge in [-0.25, -0.2) is 13.1 Å². The standard InChI is InChI=1S/C10H14N2O4S/c1-8(10(13)14)12-17(15,16)7-5-9-4-2-3-6-11-9/h2-4,6,8,12H,5,7H2,1H3,(H,13,14). The van der Waals surface area contributed by atoms with Crippen LogP contribution < -0.4 is 4.72 Å². The highest BCUT2D eigenvalue weighted by atomic mass is 32.2. The van der Waals surface area contributed by atoms with E-state index in [4.69, 9.17) is 5.11 Å². The molecular weight excluding hydrogens is 244 g/mol. The third kappa shape index (κ3) is 4.92. The van der Waals surface area contributed by atoms with E-state index in [-0.39, 0.29) is 12.2 Å². The number of aromatic nitrogens is 1. The fourth-order valence-electron chi connectivity index (χ4n) is 1.16. The zero-order chi connectivity index (χ0) is 12.9. The molecule has 0 amide bonds. The van der Waals surface area contributed by atoms with Gasteiger partial charge in [0.15, 0.2) is 0 Å². The summed E-state index contributed by atoms with van der Waals surface area (Å²) in [5, 5.41) is 8.59. The van der Waals surface area contributed by atoms with Crippen molar-refractivity contribution >= 4 is 16.0 Å². The maximum absolute atomic E-state index is 11.5. The van der Waals surface area contributed by atoms with Crippen molar-refractivity contribution in [3.63, 3.8) is 0 Å². The Morgan fingerprint density at radius 3 is 2.76 bits per heavy atom. The summed E-state index contributed by atoms with van der Waals surface area (Å²) >= 11 is 0. The lowest BCUT2D eigenvalue weighted by molar-refractivity contribution is -0.138. The van der Waals surface area contributed by atoms with Gasteiger partial charge in [-0.2, -0.15) is 0 Å². The number of nitrogens with one attached hydrogen (secondary N) is 1. The summed E-state index contributed by atoms with van der Waals surface area (Å²) < 4.78 is 25.1. The average molecular weight is 258 g/mol. The molecule has 17 heavy (non-hydrogen) atoms. The van der Waals surface area contributed by atoms with Gasteiger partial charge in [-0.05, 0) is 19.1 Å². The predicted octanol–water partition coefficient (Wildman–Crippen LogP) is 0.0166. The first kappa shape index (κ1) is 13.6. The average Bonchev–Trinajstić information content (AvgIpc) is 2.27. The molecule has 94 valence electrons. The van der Waals surface area contributed by atoms with Gasteiger partial charge in [0.1, 0.15) is 6.04 Å². The maximum Gasteiger partial charge on any atom is 0.321 e. The molecule has 2 N–H and O–H groups in total. The molecule has 0 aliphatic heterocycles. The highest BCUT2D eigenvalue weighted by Gasteiger charge is 2.19. The van der Waals surface area contributed by atoms with Crippen molar-refractivity contribution < 1.29 is 18.3 Å². The van der Waals surface area contributed by atoms with Crippen LogP contribution in [0.15, 0.2) is 24.4 Å². The Hall–Kier alpha value is -1.47. The first-order valence-corrected chi connectivity index (χ1v) is 6.68. The van der Waals surface area contributed by atoms with Crippen molar-refractivity contribution in [1.82, 2.24) is 9.71 Å². The number of carboxylic acids is 1. The summed E-state index contributed by atoms with van der Waals surface area (Å²) in [4.78, 5) is 14.5. The van der Waals surface area contributed by atoms with E-state index in [1.165, 1.54) is 6.92 Å². The smallest absolute Gasteiger partial charge is 0.321 e. The van der Waals surface area contributed by atoms with Gasteiger partial charge < -0.3 is 5.11 Å². The number of sulfonamides is 1. The topological polar surface area (TPSA) is 96.4 Å². The van der Waals surface area contributed by atoms with Crippen molar-refractivity contribution in [3.8, 4) is 0 Å². The van der Waals surface area contributed by atoms with Crippen LogP contribution in [0.4, 0.5) is 0 Å². The molecule has 0 aliphatic carbocycles. The van der Waals surface area contributed by atoms with Crippen LogP contribution in [0, 0.1) is 0 Å². The molecule has 1 atom stereocenters. The second-order valence-corrected chi connectivity index (χ2v) is 5.44. The van der Waals surface area contributed by atoms with Crippen LogP contribution in [0.3, 0.4) is 0 Å². The van der Waals surface area contributed by atoms with E-state index < -0.39 is 22.0 Å². The summed E-state index contributed by atoms with van der Waals surface area (Å²) in [5.41, 5.74) is 0.654. The zero-order valence-electron chi connectivity index (χ0n) is 9.33. The number of hydrogen-bond acceptors (Lipinski definition) is 4. The van der Waals surface area contributed by atoms with Crippen LogP contribution in [0.5, 0.6) is 0 Å². The van der Waals surface area contributed by atoms with Gasteiger partial charge in [0.05, 0.1) is 5.75 Å². The first-order chi connectivity index (χ1) is 7.91. The number of aliphatic carboxylic acids is 1. The highest BCUT2D eigenvalue weighted by molar-refractivity contribution is 7.89. The summed E-state index contributed by atoms with van der Waals surface area (Å²) in [6.45, 7) is 1.28. The Kier molecular flexibility index (Phi) is 4.59. The van der Waals surface area contributed by atoms with E-state index in [0.29, 0.717) is 5.69 Å². The molecule has 0 fully saturated rings. The number of carboxylic acid groups (broad SMARTS) is 1. The minimum absolute atomic E-state index is 0.179. The van der Waals surface area contributed by atoms with Crippen LogP contribution in [-0.4, -0.2) is 36.3 Å². The third-order valence-electron chi connectivity index (χ3n) is 2.08.